The maximum atomic E-state index is 10.8. The highest BCUT2D eigenvalue weighted by atomic mass is 16.4. The van der Waals surface area contributed by atoms with Crippen molar-refractivity contribution in [2.45, 2.75) is 98.0 Å². The lowest BCUT2D eigenvalue weighted by atomic mass is 9.84. The zero-order valence-corrected chi connectivity index (χ0v) is 15.4. The van der Waals surface area contributed by atoms with Gasteiger partial charge in [-0.3, -0.25) is 4.79 Å². The van der Waals surface area contributed by atoms with Crippen LogP contribution in [0.4, 0.5) is 0 Å². The Labute approximate surface area is 137 Å². The largest absolute Gasteiger partial charge is 0.481 e. The SMILES string of the molecule is CCCC[C@H](C)C(C)CCCC(C)(O)CCCC(C)C(=O)O. The normalized spacial score (nSPS) is 18.5. The van der Waals surface area contributed by atoms with Crippen LogP contribution in [0.1, 0.15) is 92.4 Å². The van der Waals surface area contributed by atoms with Gasteiger partial charge in [-0.15, -0.1) is 0 Å². The van der Waals surface area contributed by atoms with E-state index in [9.17, 15) is 9.90 Å². The van der Waals surface area contributed by atoms with Crippen LogP contribution < -0.4 is 0 Å². The van der Waals surface area contributed by atoms with Crippen LogP contribution in [0.5, 0.6) is 0 Å². The molecule has 3 unspecified atom stereocenters. The molecule has 0 aliphatic rings. The maximum absolute atomic E-state index is 10.8. The van der Waals surface area contributed by atoms with Crippen molar-refractivity contribution in [2.75, 3.05) is 0 Å². The second-order valence-electron chi connectivity index (χ2n) is 7.62. The van der Waals surface area contributed by atoms with E-state index in [1.807, 2.05) is 6.92 Å². The molecule has 0 aromatic heterocycles. The van der Waals surface area contributed by atoms with E-state index in [4.69, 9.17) is 5.11 Å². The Morgan fingerprint density at radius 3 is 1.86 bits per heavy atom. The average molecular weight is 315 g/mol. The summed E-state index contributed by atoms with van der Waals surface area (Å²) >= 11 is 0. The molecule has 0 radical (unpaired) electrons. The first kappa shape index (κ1) is 21.4. The molecule has 0 aliphatic carbocycles. The minimum Gasteiger partial charge on any atom is -0.481 e. The highest BCUT2D eigenvalue weighted by Gasteiger charge is 2.22. The Hall–Kier alpha value is -0.570. The summed E-state index contributed by atoms with van der Waals surface area (Å²) in [5.74, 6) is 0.431. The molecule has 22 heavy (non-hydrogen) atoms. The first-order chi connectivity index (χ1) is 10.2. The standard InChI is InChI=1S/C19H38O3/c1-6-7-10-15(2)16(3)11-8-13-19(5,22)14-9-12-17(4)18(20)21/h15-17,22H,6-14H2,1-5H3,(H,20,21)/t15-,16?,17?,19?/m0/s1. The molecule has 132 valence electrons. The van der Waals surface area contributed by atoms with Gasteiger partial charge in [0.25, 0.3) is 0 Å². The molecule has 0 aromatic rings. The van der Waals surface area contributed by atoms with Gasteiger partial charge in [-0.2, -0.15) is 0 Å². The van der Waals surface area contributed by atoms with E-state index in [0.29, 0.717) is 12.8 Å². The fourth-order valence-electron chi connectivity index (χ4n) is 2.94. The second-order valence-corrected chi connectivity index (χ2v) is 7.62. The van der Waals surface area contributed by atoms with Crippen LogP contribution >= 0.6 is 0 Å². The van der Waals surface area contributed by atoms with Gasteiger partial charge >= 0.3 is 5.97 Å². The van der Waals surface area contributed by atoms with Gasteiger partial charge in [0.2, 0.25) is 0 Å². The Kier molecular flexibility index (Phi) is 10.8. The van der Waals surface area contributed by atoms with E-state index in [1.165, 1.54) is 25.7 Å². The van der Waals surface area contributed by atoms with E-state index in [0.717, 1.165) is 31.1 Å². The van der Waals surface area contributed by atoms with Crippen molar-refractivity contribution in [2.24, 2.45) is 17.8 Å². The smallest absolute Gasteiger partial charge is 0.306 e. The van der Waals surface area contributed by atoms with Crippen molar-refractivity contribution < 1.29 is 15.0 Å². The highest BCUT2D eigenvalue weighted by Crippen LogP contribution is 2.27. The number of aliphatic carboxylic acids is 1. The van der Waals surface area contributed by atoms with Crippen molar-refractivity contribution in [3.63, 3.8) is 0 Å². The molecule has 4 atom stereocenters. The van der Waals surface area contributed by atoms with E-state index in [2.05, 4.69) is 20.8 Å². The minimum absolute atomic E-state index is 0.310. The fraction of sp³-hybridized carbons (Fsp3) is 0.947. The predicted octanol–water partition coefficient (Wildman–Crippen LogP) is 5.26. The minimum atomic E-state index is -0.741. The summed E-state index contributed by atoms with van der Waals surface area (Å²) in [6, 6.07) is 0. The number of aliphatic hydroxyl groups is 1. The molecule has 0 bridgehead atoms. The van der Waals surface area contributed by atoms with Gasteiger partial charge < -0.3 is 10.2 Å². The average Bonchev–Trinajstić information content (AvgIpc) is 2.43. The Bertz CT molecular complexity index is 299. The molecule has 0 aliphatic heterocycles. The van der Waals surface area contributed by atoms with Crippen LogP contribution in [0.25, 0.3) is 0 Å². The molecule has 0 aromatic carbocycles. The third kappa shape index (κ3) is 10.2. The molecule has 0 saturated heterocycles. The lowest BCUT2D eigenvalue weighted by molar-refractivity contribution is -0.141. The van der Waals surface area contributed by atoms with Gasteiger partial charge in [0.1, 0.15) is 0 Å². The fourth-order valence-corrected chi connectivity index (χ4v) is 2.94. The Balaban J connectivity index is 3.89. The van der Waals surface area contributed by atoms with Crippen LogP contribution in [0, 0.1) is 17.8 Å². The van der Waals surface area contributed by atoms with E-state index in [-0.39, 0.29) is 5.92 Å². The number of unbranched alkanes of at least 4 members (excludes halogenated alkanes) is 1. The first-order valence-corrected chi connectivity index (χ1v) is 9.14. The number of carbonyl (C=O) groups is 1. The third-order valence-electron chi connectivity index (χ3n) is 5.13. The van der Waals surface area contributed by atoms with Crippen molar-refractivity contribution in [3.05, 3.63) is 0 Å². The molecular weight excluding hydrogens is 276 g/mol. The summed E-state index contributed by atoms with van der Waals surface area (Å²) in [5, 5.41) is 19.3. The summed E-state index contributed by atoms with van der Waals surface area (Å²) in [6.07, 6.45) is 9.06. The third-order valence-corrected chi connectivity index (χ3v) is 5.13. The van der Waals surface area contributed by atoms with Gasteiger partial charge in [-0.25, -0.2) is 0 Å². The Morgan fingerprint density at radius 2 is 1.41 bits per heavy atom. The number of carboxylic acid groups (broad SMARTS) is 1. The molecule has 0 rings (SSSR count). The lowest BCUT2D eigenvalue weighted by Crippen LogP contribution is -2.25. The molecule has 0 saturated carbocycles. The Morgan fingerprint density at radius 1 is 0.955 bits per heavy atom. The van der Waals surface area contributed by atoms with Crippen molar-refractivity contribution in [1.29, 1.82) is 0 Å². The summed E-state index contributed by atoms with van der Waals surface area (Å²) in [4.78, 5) is 10.8. The van der Waals surface area contributed by atoms with Crippen LogP contribution in [0.15, 0.2) is 0 Å². The maximum Gasteiger partial charge on any atom is 0.306 e. The quantitative estimate of drug-likeness (QED) is 0.487. The van der Waals surface area contributed by atoms with Crippen molar-refractivity contribution in [1.82, 2.24) is 0 Å². The molecule has 0 fully saturated rings. The van der Waals surface area contributed by atoms with Crippen molar-refractivity contribution >= 4 is 5.97 Å². The van der Waals surface area contributed by atoms with E-state index < -0.39 is 11.6 Å². The van der Waals surface area contributed by atoms with Gasteiger partial charge in [-0.05, 0) is 44.4 Å². The van der Waals surface area contributed by atoms with Gasteiger partial charge in [0.05, 0.1) is 11.5 Å². The van der Waals surface area contributed by atoms with E-state index in [1.54, 1.807) is 6.92 Å². The number of carboxylic acids is 1. The van der Waals surface area contributed by atoms with Crippen LogP contribution in [0.2, 0.25) is 0 Å². The van der Waals surface area contributed by atoms with Gasteiger partial charge in [0, 0.05) is 0 Å². The van der Waals surface area contributed by atoms with Crippen LogP contribution in [0.3, 0.4) is 0 Å². The molecule has 0 spiro atoms. The molecular formula is C19H38O3. The zero-order chi connectivity index (χ0) is 17.2. The van der Waals surface area contributed by atoms with Gasteiger partial charge in [-0.1, -0.05) is 59.8 Å². The summed E-state index contributed by atoms with van der Waals surface area (Å²) in [7, 11) is 0. The number of hydrogen-bond acceptors (Lipinski definition) is 2. The number of rotatable bonds is 13. The molecule has 0 heterocycles. The topological polar surface area (TPSA) is 57.5 Å². The zero-order valence-electron chi connectivity index (χ0n) is 15.4. The lowest BCUT2D eigenvalue weighted by Gasteiger charge is -2.25. The highest BCUT2D eigenvalue weighted by molar-refractivity contribution is 5.69. The molecule has 2 N–H and O–H groups in total. The first-order valence-electron chi connectivity index (χ1n) is 9.14. The molecule has 3 nitrogen and oxygen atoms in total. The van der Waals surface area contributed by atoms with Crippen LogP contribution in [-0.4, -0.2) is 21.8 Å². The monoisotopic (exact) mass is 314 g/mol. The van der Waals surface area contributed by atoms with Crippen LogP contribution in [-0.2, 0) is 4.79 Å². The summed E-state index contributed by atoms with van der Waals surface area (Å²) in [6.45, 7) is 10.5. The molecule has 3 heteroatoms. The summed E-state index contributed by atoms with van der Waals surface area (Å²) < 4.78 is 0. The van der Waals surface area contributed by atoms with Gasteiger partial charge in [0.15, 0.2) is 0 Å². The van der Waals surface area contributed by atoms with E-state index >= 15 is 0 Å². The molecule has 0 amide bonds. The second kappa shape index (κ2) is 11.0. The van der Waals surface area contributed by atoms with Crippen molar-refractivity contribution in [3.8, 4) is 0 Å². The number of hydrogen-bond donors (Lipinski definition) is 2. The summed E-state index contributed by atoms with van der Waals surface area (Å²) in [5.41, 5.74) is -0.648. The predicted molar refractivity (Wildman–Crippen MR) is 93.0 cm³/mol.